The summed E-state index contributed by atoms with van der Waals surface area (Å²) in [5.41, 5.74) is 2.37. The Morgan fingerprint density at radius 2 is 1.76 bits per heavy atom. The van der Waals surface area contributed by atoms with E-state index in [1.165, 1.54) is 18.2 Å². The molecule has 1 fully saturated rings. The molecule has 2 heterocycles. The lowest BCUT2D eigenvalue weighted by Crippen LogP contribution is -2.54. The van der Waals surface area contributed by atoms with Crippen LogP contribution in [-0.4, -0.2) is 33.9 Å². The molecule has 4 amide bonds. The molecule has 1 aromatic heterocycles. The topological polar surface area (TPSA) is 71.4 Å². The summed E-state index contributed by atoms with van der Waals surface area (Å²) >= 11 is 0. The minimum atomic E-state index is -0.753. The van der Waals surface area contributed by atoms with Crippen LogP contribution in [0.1, 0.15) is 11.1 Å². The molecular weight excluding hydrogens is 373 g/mol. The van der Waals surface area contributed by atoms with Crippen molar-refractivity contribution in [3.8, 4) is 0 Å². The Bertz CT molecular complexity index is 1160. The van der Waals surface area contributed by atoms with Gasteiger partial charge >= 0.3 is 6.03 Å². The highest BCUT2D eigenvalue weighted by Gasteiger charge is 2.35. The van der Waals surface area contributed by atoms with Gasteiger partial charge in [0.1, 0.15) is 11.4 Å². The van der Waals surface area contributed by atoms with Crippen molar-refractivity contribution in [1.82, 2.24) is 14.8 Å². The Labute approximate surface area is 166 Å². The van der Waals surface area contributed by atoms with Crippen molar-refractivity contribution in [1.29, 1.82) is 0 Å². The van der Waals surface area contributed by atoms with E-state index in [2.05, 4.69) is 5.32 Å². The number of nitrogens with one attached hydrogen (secondary N) is 1. The molecule has 0 spiro atoms. The van der Waals surface area contributed by atoms with Crippen LogP contribution in [0.4, 0.5) is 9.18 Å². The first-order valence-electron chi connectivity index (χ1n) is 9.11. The zero-order chi connectivity index (χ0) is 20.5. The molecule has 0 saturated carbocycles. The number of aromatic nitrogens is 1. The lowest BCUT2D eigenvalue weighted by Gasteiger charge is -2.26. The van der Waals surface area contributed by atoms with Crippen LogP contribution in [0, 0.1) is 5.82 Å². The number of nitrogens with zero attached hydrogens (tertiary/aromatic N) is 2. The summed E-state index contributed by atoms with van der Waals surface area (Å²) in [6, 6.07) is 12.7. The molecule has 0 aliphatic carbocycles. The number of rotatable bonds is 4. The molecule has 0 bridgehead atoms. The quantitative estimate of drug-likeness (QED) is 0.549. The molecule has 2 aromatic carbocycles. The standard InChI is InChI=1S/C22H18FN3O3/c1-25-13-15(17-4-2-3-5-19(17)25)12-18-20(27)24-22(29)26(21(18)28)11-10-14-6-8-16(23)9-7-14/h2-9,12-13H,10-11H2,1H3,(H,24,27,29)/b18-12-. The summed E-state index contributed by atoms with van der Waals surface area (Å²) in [4.78, 5) is 38.4. The second-order valence-electron chi connectivity index (χ2n) is 6.86. The summed E-state index contributed by atoms with van der Waals surface area (Å²) in [6.45, 7) is 0.0798. The van der Waals surface area contributed by atoms with Crippen molar-refractivity contribution in [3.05, 3.63) is 77.2 Å². The van der Waals surface area contributed by atoms with Gasteiger partial charge in [-0.25, -0.2) is 9.18 Å². The van der Waals surface area contributed by atoms with Gasteiger partial charge < -0.3 is 4.57 Å². The summed E-state index contributed by atoms with van der Waals surface area (Å²) in [7, 11) is 1.88. The van der Waals surface area contributed by atoms with E-state index in [0.29, 0.717) is 6.42 Å². The summed E-state index contributed by atoms with van der Waals surface area (Å²) in [5, 5.41) is 3.12. The molecule has 0 unspecified atom stereocenters. The zero-order valence-electron chi connectivity index (χ0n) is 15.7. The molecule has 6 nitrogen and oxygen atoms in total. The minimum absolute atomic E-state index is 0.0798. The highest BCUT2D eigenvalue weighted by atomic mass is 19.1. The van der Waals surface area contributed by atoms with Crippen LogP contribution in [0.2, 0.25) is 0 Å². The molecule has 1 N–H and O–H groups in total. The van der Waals surface area contributed by atoms with Crippen LogP contribution in [-0.2, 0) is 23.1 Å². The Balaban J connectivity index is 1.62. The second-order valence-corrected chi connectivity index (χ2v) is 6.86. The number of aryl methyl sites for hydroxylation is 1. The van der Waals surface area contributed by atoms with E-state index in [9.17, 15) is 18.8 Å². The van der Waals surface area contributed by atoms with E-state index in [1.807, 2.05) is 42.1 Å². The van der Waals surface area contributed by atoms with Crippen LogP contribution < -0.4 is 5.32 Å². The number of hydrogen-bond acceptors (Lipinski definition) is 3. The smallest absolute Gasteiger partial charge is 0.331 e. The maximum atomic E-state index is 13.0. The zero-order valence-corrected chi connectivity index (χ0v) is 15.7. The summed E-state index contributed by atoms with van der Waals surface area (Å²) in [6.07, 6.45) is 3.70. The summed E-state index contributed by atoms with van der Waals surface area (Å²) in [5.74, 6) is -1.72. The molecule has 0 radical (unpaired) electrons. The van der Waals surface area contributed by atoms with Crippen molar-refractivity contribution >= 4 is 34.8 Å². The molecule has 4 rings (SSSR count). The van der Waals surface area contributed by atoms with Crippen LogP contribution in [0.5, 0.6) is 0 Å². The monoisotopic (exact) mass is 391 g/mol. The van der Waals surface area contributed by atoms with Crippen molar-refractivity contribution in [2.45, 2.75) is 6.42 Å². The third-order valence-corrected chi connectivity index (χ3v) is 4.95. The Kier molecular flexibility index (Phi) is 4.72. The number of amides is 4. The van der Waals surface area contributed by atoms with E-state index in [0.717, 1.165) is 26.9 Å². The number of urea groups is 1. The molecular formula is C22H18FN3O3. The second kappa shape index (κ2) is 7.35. The van der Waals surface area contributed by atoms with Crippen molar-refractivity contribution in [3.63, 3.8) is 0 Å². The average molecular weight is 391 g/mol. The van der Waals surface area contributed by atoms with Crippen LogP contribution in [0.3, 0.4) is 0 Å². The van der Waals surface area contributed by atoms with Gasteiger partial charge in [0.05, 0.1) is 0 Å². The number of fused-ring (bicyclic) bond motifs is 1. The molecule has 1 aliphatic rings. The van der Waals surface area contributed by atoms with Gasteiger partial charge in [0.25, 0.3) is 11.8 Å². The van der Waals surface area contributed by atoms with Crippen molar-refractivity contribution < 1.29 is 18.8 Å². The van der Waals surface area contributed by atoms with E-state index < -0.39 is 17.8 Å². The average Bonchev–Trinajstić information content (AvgIpc) is 3.02. The van der Waals surface area contributed by atoms with Crippen LogP contribution in [0.15, 0.2) is 60.3 Å². The van der Waals surface area contributed by atoms with E-state index in [1.54, 1.807) is 12.1 Å². The van der Waals surface area contributed by atoms with E-state index in [-0.39, 0.29) is 17.9 Å². The molecule has 1 aliphatic heterocycles. The summed E-state index contributed by atoms with van der Waals surface area (Å²) < 4.78 is 15.0. The Morgan fingerprint density at radius 1 is 1.03 bits per heavy atom. The van der Waals surface area contributed by atoms with Gasteiger partial charge in [-0.3, -0.25) is 19.8 Å². The lowest BCUT2D eigenvalue weighted by molar-refractivity contribution is -0.130. The van der Waals surface area contributed by atoms with Gasteiger partial charge in [0, 0.05) is 36.3 Å². The van der Waals surface area contributed by atoms with Gasteiger partial charge in [0.15, 0.2) is 0 Å². The lowest BCUT2D eigenvalue weighted by atomic mass is 10.1. The van der Waals surface area contributed by atoms with Crippen molar-refractivity contribution in [2.75, 3.05) is 6.54 Å². The van der Waals surface area contributed by atoms with Crippen LogP contribution >= 0.6 is 0 Å². The van der Waals surface area contributed by atoms with Gasteiger partial charge in [-0.1, -0.05) is 30.3 Å². The predicted octanol–water partition coefficient (Wildman–Crippen LogP) is 3.02. The van der Waals surface area contributed by atoms with Gasteiger partial charge in [0.2, 0.25) is 0 Å². The maximum absolute atomic E-state index is 13.0. The fourth-order valence-corrected chi connectivity index (χ4v) is 3.43. The third-order valence-electron chi connectivity index (χ3n) is 4.95. The molecule has 3 aromatic rings. The number of carbonyl (C=O) groups excluding carboxylic acids is 3. The predicted molar refractivity (Wildman–Crippen MR) is 106 cm³/mol. The molecule has 1 saturated heterocycles. The molecule has 7 heteroatoms. The minimum Gasteiger partial charge on any atom is -0.350 e. The van der Waals surface area contributed by atoms with Gasteiger partial charge in [-0.2, -0.15) is 0 Å². The first-order chi connectivity index (χ1) is 13.9. The van der Waals surface area contributed by atoms with Gasteiger partial charge in [-0.05, 0) is 36.3 Å². The largest absolute Gasteiger partial charge is 0.350 e. The van der Waals surface area contributed by atoms with E-state index in [4.69, 9.17) is 0 Å². The first-order valence-corrected chi connectivity index (χ1v) is 9.11. The normalized spacial score (nSPS) is 16.0. The van der Waals surface area contributed by atoms with Crippen LogP contribution in [0.25, 0.3) is 17.0 Å². The number of carbonyl (C=O) groups is 3. The SMILES string of the molecule is Cn1cc(/C=C2/C(=O)NC(=O)N(CCc3ccc(F)cc3)C2=O)c2ccccc21. The third kappa shape index (κ3) is 3.54. The molecule has 146 valence electrons. The highest BCUT2D eigenvalue weighted by molar-refractivity contribution is 6.31. The number of benzene rings is 2. The number of barbiturate groups is 1. The van der Waals surface area contributed by atoms with Crippen molar-refractivity contribution in [2.24, 2.45) is 7.05 Å². The Hall–Kier alpha value is -3.74. The maximum Gasteiger partial charge on any atom is 0.331 e. The first kappa shape index (κ1) is 18.6. The number of imide groups is 2. The molecule has 29 heavy (non-hydrogen) atoms. The number of para-hydroxylation sites is 1. The van der Waals surface area contributed by atoms with Gasteiger partial charge in [-0.15, -0.1) is 0 Å². The molecule has 0 atom stereocenters. The fraction of sp³-hybridized carbons (Fsp3) is 0.136. The fourth-order valence-electron chi connectivity index (χ4n) is 3.43. The highest BCUT2D eigenvalue weighted by Crippen LogP contribution is 2.24. The van der Waals surface area contributed by atoms with E-state index >= 15 is 0 Å². The Morgan fingerprint density at radius 3 is 2.52 bits per heavy atom. The number of halogens is 1. The number of hydrogen-bond donors (Lipinski definition) is 1.